The third kappa shape index (κ3) is 3.29. The molecule has 0 bridgehead atoms. The zero-order valence-corrected chi connectivity index (χ0v) is 14.3. The number of hydrogen-bond acceptors (Lipinski definition) is 4. The van der Waals surface area contributed by atoms with Gasteiger partial charge in [0.25, 0.3) is 0 Å². The third-order valence-corrected chi connectivity index (χ3v) is 4.18. The summed E-state index contributed by atoms with van der Waals surface area (Å²) >= 11 is 5.93. The van der Waals surface area contributed by atoms with Crippen molar-refractivity contribution < 1.29 is 0 Å². The minimum absolute atomic E-state index is 0.728. The van der Waals surface area contributed by atoms with Crippen LogP contribution in [-0.2, 0) is 6.54 Å². The monoisotopic (exact) mass is 350 g/mol. The second kappa shape index (κ2) is 6.49. The maximum Gasteiger partial charge on any atom is 0.115 e. The van der Waals surface area contributed by atoms with Crippen LogP contribution in [0.5, 0.6) is 0 Å². The number of hydrogen-bond donors (Lipinski definition) is 1. The van der Waals surface area contributed by atoms with Crippen LogP contribution in [0.1, 0.15) is 11.3 Å². The third-order valence-electron chi connectivity index (χ3n) is 3.93. The lowest BCUT2D eigenvalue weighted by Crippen LogP contribution is -1.95. The van der Waals surface area contributed by atoms with Crippen LogP contribution >= 0.6 is 11.6 Å². The topological polar surface area (TPSA) is 72.3 Å². The fourth-order valence-electron chi connectivity index (χ4n) is 2.65. The van der Waals surface area contributed by atoms with Crippen LogP contribution in [0.4, 0.5) is 0 Å². The van der Waals surface area contributed by atoms with Gasteiger partial charge in [-0.3, -0.25) is 4.98 Å². The summed E-state index contributed by atoms with van der Waals surface area (Å²) in [5.41, 5.74) is 5.41. The molecule has 4 aromatic rings. The Morgan fingerprint density at radius 2 is 1.88 bits per heavy atom. The molecule has 4 rings (SSSR count). The van der Waals surface area contributed by atoms with E-state index in [2.05, 4.69) is 25.4 Å². The van der Waals surface area contributed by atoms with Crippen LogP contribution < -0.4 is 0 Å². The first-order valence-corrected chi connectivity index (χ1v) is 8.17. The van der Waals surface area contributed by atoms with Gasteiger partial charge >= 0.3 is 0 Å². The highest BCUT2D eigenvalue weighted by Gasteiger charge is 2.10. The fourth-order valence-corrected chi connectivity index (χ4v) is 2.78. The molecule has 0 aliphatic rings. The highest BCUT2D eigenvalue weighted by molar-refractivity contribution is 6.30. The van der Waals surface area contributed by atoms with E-state index >= 15 is 0 Å². The Bertz CT molecular complexity index is 1000. The Morgan fingerprint density at radius 3 is 2.64 bits per heavy atom. The smallest absolute Gasteiger partial charge is 0.115 e. The molecular formula is C18H15ClN6. The number of nitrogens with zero attached hydrogens (tertiary/aromatic N) is 5. The Morgan fingerprint density at radius 1 is 1.04 bits per heavy atom. The Kier molecular flexibility index (Phi) is 4.03. The van der Waals surface area contributed by atoms with Gasteiger partial charge in [-0.25, -0.2) is 4.98 Å². The van der Waals surface area contributed by atoms with E-state index in [1.54, 1.807) is 12.5 Å². The van der Waals surface area contributed by atoms with Crippen LogP contribution in [0.2, 0.25) is 5.02 Å². The Hall–Kier alpha value is -2.99. The van der Waals surface area contributed by atoms with E-state index in [1.807, 2.05) is 54.1 Å². The van der Waals surface area contributed by atoms with Gasteiger partial charge in [-0.15, -0.1) is 0 Å². The van der Waals surface area contributed by atoms with Crippen molar-refractivity contribution in [1.29, 1.82) is 0 Å². The molecule has 0 amide bonds. The molecule has 3 aromatic heterocycles. The molecule has 0 aliphatic carbocycles. The second-order valence-corrected chi connectivity index (χ2v) is 6.18. The van der Waals surface area contributed by atoms with Crippen molar-refractivity contribution in [2.45, 2.75) is 13.5 Å². The number of aromatic nitrogens is 6. The fraction of sp³-hybridized carbons (Fsp3) is 0.111. The second-order valence-electron chi connectivity index (χ2n) is 5.75. The van der Waals surface area contributed by atoms with Gasteiger partial charge in [-0.1, -0.05) is 23.7 Å². The molecule has 1 aromatic carbocycles. The average molecular weight is 351 g/mol. The quantitative estimate of drug-likeness (QED) is 0.608. The number of aryl methyl sites for hydroxylation is 1. The van der Waals surface area contributed by atoms with Gasteiger partial charge in [0.1, 0.15) is 11.4 Å². The molecule has 0 saturated heterocycles. The molecule has 6 nitrogen and oxygen atoms in total. The molecule has 0 radical (unpaired) electrons. The number of aromatic amines is 1. The van der Waals surface area contributed by atoms with E-state index in [-0.39, 0.29) is 0 Å². The van der Waals surface area contributed by atoms with E-state index < -0.39 is 0 Å². The standard InChI is InChI=1S/C18H15ClN6/c1-12-18(23-24-22-12)14-6-7-20-16(8-14)17-10-25(11-21-17)9-13-2-4-15(19)5-3-13/h2-8,10-11H,9H2,1H3,(H,22,23,24). The maximum atomic E-state index is 5.93. The summed E-state index contributed by atoms with van der Waals surface area (Å²) < 4.78 is 2.02. The number of nitrogens with one attached hydrogen (secondary N) is 1. The van der Waals surface area contributed by atoms with Gasteiger partial charge in [0.15, 0.2) is 0 Å². The van der Waals surface area contributed by atoms with Crippen molar-refractivity contribution in [3.8, 4) is 22.6 Å². The van der Waals surface area contributed by atoms with Gasteiger partial charge < -0.3 is 4.57 Å². The predicted octanol–water partition coefficient (Wildman–Crippen LogP) is 3.74. The van der Waals surface area contributed by atoms with Crippen molar-refractivity contribution in [2.75, 3.05) is 0 Å². The lowest BCUT2D eigenvalue weighted by molar-refractivity contribution is 0.797. The molecular weight excluding hydrogens is 336 g/mol. The number of imidazole rings is 1. The summed E-state index contributed by atoms with van der Waals surface area (Å²) in [6.45, 7) is 2.64. The zero-order chi connectivity index (χ0) is 17.2. The van der Waals surface area contributed by atoms with E-state index in [9.17, 15) is 0 Å². The van der Waals surface area contributed by atoms with Crippen molar-refractivity contribution in [3.63, 3.8) is 0 Å². The average Bonchev–Trinajstić information content (AvgIpc) is 3.26. The first kappa shape index (κ1) is 15.5. The summed E-state index contributed by atoms with van der Waals surface area (Å²) in [5, 5.41) is 11.6. The summed E-state index contributed by atoms with van der Waals surface area (Å²) in [6.07, 6.45) is 5.55. The number of benzene rings is 1. The van der Waals surface area contributed by atoms with Gasteiger partial charge in [-0.05, 0) is 36.8 Å². The molecule has 0 saturated carbocycles. The van der Waals surface area contributed by atoms with Gasteiger partial charge in [0, 0.05) is 29.5 Å². The van der Waals surface area contributed by atoms with Crippen LogP contribution in [0.15, 0.2) is 55.1 Å². The normalized spacial score (nSPS) is 11.0. The Balaban J connectivity index is 1.60. The van der Waals surface area contributed by atoms with Crippen molar-refractivity contribution >= 4 is 11.6 Å². The number of H-pyrrole nitrogens is 1. The summed E-state index contributed by atoms with van der Waals surface area (Å²) in [5.74, 6) is 0. The highest BCUT2D eigenvalue weighted by atomic mass is 35.5. The van der Waals surface area contributed by atoms with E-state index in [1.165, 1.54) is 0 Å². The van der Waals surface area contributed by atoms with Gasteiger partial charge in [0.2, 0.25) is 0 Å². The highest BCUT2D eigenvalue weighted by Crippen LogP contribution is 2.23. The summed E-state index contributed by atoms with van der Waals surface area (Å²) in [7, 11) is 0. The minimum Gasteiger partial charge on any atom is -0.332 e. The van der Waals surface area contributed by atoms with Crippen molar-refractivity contribution in [2.24, 2.45) is 0 Å². The van der Waals surface area contributed by atoms with Crippen molar-refractivity contribution in [1.82, 2.24) is 29.9 Å². The largest absolute Gasteiger partial charge is 0.332 e. The number of pyridine rings is 1. The molecule has 0 unspecified atom stereocenters. The predicted molar refractivity (Wildman–Crippen MR) is 96.1 cm³/mol. The van der Waals surface area contributed by atoms with E-state index in [0.29, 0.717) is 0 Å². The number of halogens is 1. The maximum absolute atomic E-state index is 5.93. The van der Waals surface area contributed by atoms with Crippen LogP contribution in [0, 0.1) is 6.92 Å². The van der Waals surface area contributed by atoms with Gasteiger partial charge in [0.05, 0.1) is 17.7 Å². The molecule has 0 aliphatic heterocycles. The summed E-state index contributed by atoms with van der Waals surface area (Å²) in [6, 6.07) is 11.7. The van der Waals surface area contributed by atoms with Crippen molar-refractivity contribution in [3.05, 3.63) is 71.4 Å². The molecule has 124 valence electrons. The lowest BCUT2D eigenvalue weighted by Gasteiger charge is -2.02. The van der Waals surface area contributed by atoms with Gasteiger partial charge in [-0.2, -0.15) is 15.4 Å². The first-order chi connectivity index (χ1) is 12.2. The summed E-state index contributed by atoms with van der Waals surface area (Å²) in [4.78, 5) is 8.91. The first-order valence-electron chi connectivity index (χ1n) is 7.79. The van der Waals surface area contributed by atoms with Crippen LogP contribution in [-0.4, -0.2) is 29.9 Å². The van der Waals surface area contributed by atoms with Crippen LogP contribution in [0.25, 0.3) is 22.6 Å². The Labute approximate surface area is 149 Å². The van der Waals surface area contributed by atoms with E-state index in [0.717, 1.165) is 45.5 Å². The molecule has 25 heavy (non-hydrogen) atoms. The zero-order valence-electron chi connectivity index (χ0n) is 13.5. The molecule has 0 fully saturated rings. The minimum atomic E-state index is 0.728. The molecule has 0 atom stereocenters. The van der Waals surface area contributed by atoms with E-state index in [4.69, 9.17) is 11.6 Å². The molecule has 3 heterocycles. The molecule has 0 spiro atoms. The SMILES string of the molecule is Cc1n[nH]nc1-c1ccnc(-c2cn(Cc3ccc(Cl)cc3)cn2)c1. The van der Waals surface area contributed by atoms with Crippen LogP contribution in [0.3, 0.4) is 0 Å². The molecule has 1 N–H and O–H groups in total. The number of rotatable bonds is 4. The lowest BCUT2D eigenvalue weighted by atomic mass is 10.1. The molecule has 7 heteroatoms.